The van der Waals surface area contributed by atoms with Gasteiger partial charge in [-0.3, -0.25) is 0 Å². The zero-order valence-corrected chi connectivity index (χ0v) is 22.1. The molecule has 1 aliphatic rings. The number of rotatable bonds is 6. The molecule has 0 aliphatic carbocycles. The molecule has 0 amide bonds. The molecule has 3 heterocycles. The molecule has 0 fully saturated rings. The van der Waals surface area contributed by atoms with Crippen LogP contribution in [0.25, 0.3) is 16.8 Å². The highest BCUT2D eigenvalue weighted by molar-refractivity contribution is 9.10. The minimum absolute atomic E-state index is 0.641. The summed E-state index contributed by atoms with van der Waals surface area (Å²) in [5, 5.41) is 12.2. The Hall–Kier alpha value is -3.42. The highest BCUT2D eigenvalue weighted by Crippen LogP contribution is 2.37. The molecule has 180 valence electrons. The summed E-state index contributed by atoms with van der Waals surface area (Å²) in [7, 11) is 0. The average Bonchev–Trinajstić information content (AvgIpc) is 3.31. The van der Waals surface area contributed by atoms with Gasteiger partial charge in [-0.25, -0.2) is 4.52 Å². The number of nitrogens with zero attached hydrogens (tertiary/aromatic N) is 3. The quantitative estimate of drug-likeness (QED) is 0.216. The lowest BCUT2D eigenvalue weighted by Crippen LogP contribution is -2.15. The fourth-order valence-electron chi connectivity index (χ4n) is 5.02. The molecule has 2 aromatic heterocycles. The topological polar surface area (TPSA) is 46.3 Å². The first-order chi connectivity index (χ1) is 17.7. The predicted octanol–water partition coefficient (Wildman–Crippen LogP) is 7.30. The second kappa shape index (κ2) is 9.91. The van der Waals surface area contributed by atoms with E-state index in [1.165, 1.54) is 16.7 Å². The largest absolute Gasteiger partial charge is 0.378 e. The molecule has 6 rings (SSSR count). The molecule has 0 saturated heterocycles. The molecule has 0 bridgehead atoms. The number of hydrogen-bond donors (Lipinski definition) is 2. The van der Waals surface area contributed by atoms with Gasteiger partial charge in [0.1, 0.15) is 16.3 Å². The zero-order chi connectivity index (χ0) is 24.5. The lowest BCUT2D eigenvalue weighted by molar-refractivity contribution is 0.619. The third-order valence-corrected chi connectivity index (χ3v) is 7.49. The molecule has 7 heteroatoms. The van der Waals surface area contributed by atoms with Crippen LogP contribution < -0.4 is 10.6 Å². The van der Waals surface area contributed by atoms with E-state index in [4.69, 9.17) is 17.3 Å². The fraction of sp³-hybridized carbons (Fsp3) is 0.172. The second-order valence-corrected chi connectivity index (χ2v) is 10.3. The van der Waals surface area contributed by atoms with Crippen LogP contribution in [0.2, 0.25) is 0 Å². The van der Waals surface area contributed by atoms with Gasteiger partial charge < -0.3 is 15.2 Å². The first-order valence-corrected chi connectivity index (χ1v) is 13.4. The maximum absolute atomic E-state index is 6.04. The third kappa shape index (κ3) is 4.33. The Balaban J connectivity index is 1.48. The van der Waals surface area contributed by atoms with Gasteiger partial charge in [0.05, 0.1) is 6.54 Å². The van der Waals surface area contributed by atoms with Crippen molar-refractivity contribution in [1.29, 1.82) is 0 Å². The lowest BCUT2D eigenvalue weighted by atomic mass is 9.98. The summed E-state index contributed by atoms with van der Waals surface area (Å²) in [5.74, 6) is 1.01. The number of nitrogens with one attached hydrogen (secondary N) is 2. The number of para-hydroxylation sites is 1. The molecule has 5 nitrogen and oxygen atoms in total. The van der Waals surface area contributed by atoms with E-state index in [0.717, 1.165) is 58.8 Å². The van der Waals surface area contributed by atoms with E-state index in [1.54, 1.807) is 0 Å². The third-order valence-electron chi connectivity index (χ3n) is 6.67. The number of hydrogen-bond acceptors (Lipinski definition) is 3. The van der Waals surface area contributed by atoms with Gasteiger partial charge in [0.25, 0.3) is 0 Å². The van der Waals surface area contributed by atoms with Crippen LogP contribution in [0.15, 0.2) is 89.4 Å². The van der Waals surface area contributed by atoms with Crippen LogP contribution in [0.5, 0.6) is 0 Å². The number of aromatic nitrogens is 3. The SMILES string of the molecule is S=C(Nc1ccccc1)c1c(-c2ccccc2)c2c3n(c(CNc4ccc(Br)cc4)nn13)CCCC2. The normalized spacial score (nSPS) is 12.9. The Bertz CT molecular complexity index is 1520. The van der Waals surface area contributed by atoms with E-state index in [-0.39, 0.29) is 0 Å². The van der Waals surface area contributed by atoms with Gasteiger partial charge in [-0.05, 0) is 61.2 Å². The summed E-state index contributed by atoms with van der Waals surface area (Å²) in [5.41, 5.74) is 7.85. The van der Waals surface area contributed by atoms with Crippen molar-refractivity contribution in [2.75, 3.05) is 10.6 Å². The number of thiocarbonyl (C=S) groups is 1. The van der Waals surface area contributed by atoms with Gasteiger partial charge in [-0.2, -0.15) is 5.10 Å². The van der Waals surface area contributed by atoms with Crippen molar-refractivity contribution in [2.24, 2.45) is 0 Å². The Morgan fingerprint density at radius 2 is 1.61 bits per heavy atom. The molecule has 36 heavy (non-hydrogen) atoms. The van der Waals surface area contributed by atoms with Crippen molar-refractivity contribution in [3.05, 3.63) is 106 Å². The summed E-state index contributed by atoms with van der Waals surface area (Å²) in [6.45, 7) is 1.59. The van der Waals surface area contributed by atoms with Crippen LogP contribution in [-0.4, -0.2) is 19.2 Å². The van der Waals surface area contributed by atoms with Gasteiger partial charge in [0.2, 0.25) is 0 Å². The minimum Gasteiger partial charge on any atom is -0.378 e. The number of halogens is 1. The summed E-state index contributed by atoms with van der Waals surface area (Å²) in [6, 6.07) is 28.9. The van der Waals surface area contributed by atoms with Crippen LogP contribution in [-0.2, 0) is 19.5 Å². The van der Waals surface area contributed by atoms with Crippen molar-refractivity contribution < 1.29 is 0 Å². The van der Waals surface area contributed by atoms with Gasteiger partial charge in [0.15, 0.2) is 5.82 Å². The van der Waals surface area contributed by atoms with Crippen molar-refractivity contribution in [1.82, 2.24) is 14.2 Å². The first kappa shape index (κ1) is 23.0. The van der Waals surface area contributed by atoms with Crippen LogP contribution in [0.3, 0.4) is 0 Å². The fourth-order valence-corrected chi connectivity index (χ4v) is 5.59. The molecule has 0 saturated carbocycles. The predicted molar refractivity (Wildman–Crippen MR) is 155 cm³/mol. The van der Waals surface area contributed by atoms with E-state index in [0.29, 0.717) is 11.5 Å². The Morgan fingerprint density at radius 3 is 2.36 bits per heavy atom. The van der Waals surface area contributed by atoms with E-state index >= 15 is 0 Å². The van der Waals surface area contributed by atoms with Crippen molar-refractivity contribution in [3.8, 4) is 11.1 Å². The molecule has 0 radical (unpaired) electrons. The summed E-state index contributed by atoms with van der Waals surface area (Å²) >= 11 is 9.55. The molecular formula is C29H26BrN5S. The van der Waals surface area contributed by atoms with Crippen LogP contribution in [0.4, 0.5) is 11.4 Å². The van der Waals surface area contributed by atoms with Gasteiger partial charge in [-0.1, -0.05) is 76.7 Å². The standard InChI is InChI=1S/C29H26BrN5S/c30-21-14-16-22(17-15-21)31-19-25-33-35-27(28(36)32-23-11-5-2-6-12-23)26(20-9-3-1-4-10-20)24-13-7-8-18-34(25)29(24)35/h1-6,9-12,14-17,31H,7-8,13,18-19H2,(H,32,36). The summed E-state index contributed by atoms with van der Waals surface area (Å²) in [6.07, 6.45) is 3.27. The van der Waals surface area contributed by atoms with E-state index in [1.807, 2.05) is 42.5 Å². The highest BCUT2D eigenvalue weighted by atomic mass is 79.9. The maximum Gasteiger partial charge on any atom is 0.150 e. The second-order valence-electron chi connectivity index (χ2n) is 9.01. The number of anilines is 2. The highest BCUT2D eigenvalue weighted by Gasteiger charge is 2.28. The molecule has 0 unspecified atom stereocenters. The smallest absolute Gasteiger partial charge is 0.150 e. The Kier molecular flexibility index (Phi) is 6.34. The van der Waals surface area contributed by atoms with E-state index < -0.39 is 0 Å². The van der Waals surface area contributed by atoms with Gasteiger partial charge in [-0.15, -0.1) is 0 Å². The van der Waals surface area contributed by atoms with E-state index in [9.17, 15) is 0 Å². The first-order valence-electron chi connectivity index (χ1n) is 12.2. The maximum atomic E-state index is 6.04. The average molecular weight is 557 g/mol. The minimum atomic E-state index is 0.641. The molecule has 2 N–H and O–H groups in total. The molecule has 1 aliphatic heterocycles. The number of benzene rings is 3. The molecular weight excluding hydrogens is 530 g/mol. The zero-order valence-electron chi connectivity index (χ0n) is 19.7. The van der Waals surface area contributed by atoms with Gasteiger partial charge in [0, 0.05) is 33.5 Å². The molecule has 0 atom stereocenters. The lowest BCUT2D eigenvalue weighted by Gasteiger charge is -2.12. The van der Waals surface area contributed by atoms with Crippen molar-refractivity contribution in [2.45, 2.75) is 32.4 Å². The van der Waals surface area contributed by atoms with E-state index in [2.05, 4.69) is 78.1 Å². The van der Waals surface area contributed by atoms with Crippen LogP contribution in [0, 0.1) is 0 Å². The van der Waals surface area contributed by atoms with Crippen LogP contribution >= 0.6 is 28.1 Å². The van der Waals surface area contributed by atoms with Gasteiger partial charge >= 0.3 is 0 Å². The number of aryl methyl sites for hydroxylation is 2. The van der Waals surface area contributed by atoms with Crippen molar-refractivity contribution in [3.63, 3.8) is 0 Å². The van der Waals surface area contributed by atoms with Crippen LogP contribution in [0.1, 0.15) is 29.9 Å². The molecule has 3 aromatic carbocycles. The van der Waals surface area contributed by atoms with Crippen molar-refractivity contribution >= 4 is 50.2 Å². The Labute approximate surface area is 224 Å². The summed E-state index contributed by atoms with van der Waals surface area (Å²) in [4.78, 5) is 0.680. The Morgan fingerprint density at radius 1 is 0.889 bits per heavy atom. The summed E-state index contributed by atoms with van der Waals surface area (Å²) < 4.78 is 5.53. The molecule has 5 aromatic rings. The molecule has 0 spiro atoms. The monoisotopic (exact) mass is 555 g/mol.